The van der Waals surface area contributed by atoms with Gasteiger partial charge in [-0.05, 0) is 50.5 Å². The van der Waals surface area contributed by atoms with Gasteiger partial charge in [0.2, 0.25) is 0 Å². The van der Waals surface area contributed by atoms with Gasteiger partial charge in [0.25, 0.3) is 5.79 Å². The van der Waals surface area contributed by atoms with Crippen LogP contribution in [-0.4, -0.2) is 19.0 Å². The van der Waals surface area contributed by atoms with E-state index in [0.29, 0.717) is 0 Å². The molecule has 0 radical (unpaired) electrons. The lowest BCUT2D eigenvalue weighted by Gasteiger charge is -2.35. The Morgan fingerprint density at radius 2 is 1.31 bits per heavy atom. The fourth-order valence-electron chi connectivity index (χ4n) is 2.98. The van der Waals surface area contributed by atoms with E-state index in [2.05, 4.69) is 13.8 Å². The van der Waals surface area contributed by atoms with Crippen molar-refractivity contribution in [2.45, 2.75) is 64.3 Å². The van der Waals surface area contributed by atoms with Crippen LogP contribution >= 0.6 is 0 Å². The summed E-state index contributed by atoms with van der Waals surface area (Å²) in [5.74, 6) is 1.03. The van der Waals surface area contributed by atoms with E-state index in [1.165, 1.54) is 0 Å². The molecule has 0 saturated heterocycles. The van der Waals surface area contributed by atoms with Crippen LogP contribution in [0.25, 0.3) is 0 Å². The summed E-state index contributed by atoms with van der Waals surface area (Å²) in [6.45, 7) is 4.30. The second-order valence-corrected chi connectivity index (χ2v) is 6.78. The SMILES string of the molecule is CCCCC(CCCC(C)OC)(Oc1ccccc1)Oc1ccccc1. The first kappa shape index (κ1) is 20.3. The van der Waals surface area contributed by atoms with E-state index in [1.807, 2.05) is 60.7 Å². The van der Waals surface area contributed by atoms with E-state index in [4.69, 9.17) is 14.2 Å². The van der Waals surface area contributed by atoms with Gasteiger partial charge in [-0.25, -0.2) is 0 Å². The molecule has 0 aliphatic rings. The predicted molar refractivity (Wildman–Crippen MR) is 107 cm³/mol. The highest BCUT2D eigenvalue weighted by atomic mass is 16.7. The van der Waals surface area contributed by atoms with Gasteiger partial charge >= 0.3 is 0 Å². The van der Waals surface area contributed by atoms with E-state index in [-0.39, 0.29) is 6.10 Å². The summed E-state index contributed by atoms with van der Waals surface area (Å²) in [5, 5.41) is 0. The van der Waals surface area contributed by atoms with Gasteiger partial charge in [0.1, 0.15) is 11.5 Å². The normalized spacial score (nSPS) is 12.6. The first-order valence-corrected chi connectivity index (χ1v) is 9.68. The standard InChI is InChI=1S/C23H32O3/c1-4-5-18-23(19-12-13-20(2)24-3,25-21-14-8-6-9-15-21)26-22-16-10-7-11-17-22/h6-11,14-17,20H,4-5,12-13,18-19H2,1-3H3. The van der Waals surface area contributed by atoms with Gasteiger partial charge in [-0.1, -0.05) is 49.7 Å². The summed E-state index contributed by atoms with van der Waals surface area (Å²) >= 11 is 0. The Labute approximate surface area is 158 Å². The van der Waals surface area contributed by atoms with E-state index < -0.39 is 5.79 Å². The van der Waals surface area contributed by atoms with Crippen molar-refractivity contribution in [2.24, 2.45) is 0 Å². The molecule has 0 fully saturated rings. The van der Waals surface area contributed by atoms with Crippen molar-refractivity contribution in [3.8, 4) is 11.5 Å². The molecule has 0 spiro atoms. The first-order valence-electron chi connectivity index (χ1n) is 9.68. The van der Waals surface area contributed by atoms with Crippen molar-refractivity contribution in [1.82, 2.24) is 0 Å². The van der Waals surface area contributed by atoms with Crippen LogP contribution in [0.5, 0.6) is 11.5 Å². The number of hydrogen-bond acceptors (Lipinski definition) is 3. The molecule has 0 bridgehead atoms. The van der Waals surface area contributed by atoms with Crippen molar-refractivity contribution in [2.75, 3.05) is 7.11 Å². The molecule has 0 aliphatic heterocycles. The van der Waals surface area contributed by atoms with Crippen molar-refractivity contribution < 1.29 is 14.2 Å². The number of hydrogen-bond donors (Lipinski definition) is 0. The third-order valence-electron chi connectivity index (χ3n) is 4.58. The molecule has 2 aromatic carbocycles. The van der Waals surface area contributed by atoms with Gasteiger partial charge in [0.15, 0.2) is 0 Å². The topological polar surface area (TPSA) is 27.7 Å². The monoisotopic (exact) mass is 356 g/mol. The molecular formula is C23H32O3. The van der Waals surface area contributed by atoms with Crippen molar-refractivity contribution in [3.63, 3.8) is 0 Å². The number of benzene rings is 2. The molecule has 3 heteroatoms. The Balaban J connectivity index is 2.21. The average Bonchev–Trinajstić information content (AvgIpc) is 2.68. The minimum atomic E-state index is -0.661. The summed E-state index contributed by atoms with van der Waals surface area (Å²) in [5.41, 5.74) is 0. The Hall–Kier alpha value is -2.00. The molecule has 0 N–H and O–H groups in total. The molecule has 0 saturated carbocycles. The quantitative estimate of drug-likeness (QED) is 0.422. The summed E-state index contributed by atoms with van der Waals surface area (Å²) in [6, 6.07) is 20.0. The Kier molecular flexibility index (Phi) is 8.49. The Morgan fingerprint density at radius 1 is 0.808 bits per heavy atom. The van der Waals surface area contributed by atoms with Crippen LogP contribution in [-0.2, 0) is 4.74 Å². The minimum Gasteiger partial charge on any atom is -0.452 e. The van der Waals surface area contributed by atoms with Crippen LogP contribution in [0.3, 0.4) is 0 Å². The fraction of sp³-hybridized carbons (Fsp3) is 0.478. The molecule has 3 nitrogen and oxygen atoms in total. The molecule has 26 heavy (non-hydrogen) atoms. The molecule has 2 aromatic rings. The van der Waals surface area contributed by atoms with Gasteiger partial charge in [-0.2, -0.15) is 0 Å². The maximum atomic E-state index is 6.46. The average molecular weight is 357 g/mol. The van der Waals surface area contributed by atoms with Crippen LogP contribution in [0.4, 0.5) is 0 Å². The predicted octanol–water partition coefficient (Wildman–Crippen LogP) is 6.24. The second-order valence-electron chi connectivity index (χ2n) is 6.78. The zero-order valence-electron chi connectivity index (χ0n) is 16.3. The zero-order chi connectivity index (χ0) is 18.7. The largest absolute Gasteiger partial charge is 0.452 e. The van der Waals surface area contributed by atoms with Crippen molar-refractivity contribution >= 4 is 0 Å². The number of methoxy groups -OCH3 is 1. The highest BCUT2D eigenvalue weighted by molar-refractivity contribution is 5.24. The third-order valence-corrected chi connectivity index (χ3v) is 4.58. The molecule has 2 rings (SSSR count). The molecule has 0 aromatic heterocycles. The molecule has 142 valence electrons. The summed E-state index contributed by atoms with van der Waals surface area (Å²) in [7, 11) is 1.76. The molecule has 0 heterocycles. The Bertz CT molecular complexity index is 556. The van der Waals surface area contributed by atoms with Crippen molar-refractivity contribution in [3.05, 3.63) is 60.7 Å². The van der Waals surface area contributed by atoms with Gasteiger partial charge in [-0.15, -0.1) is 0 Å². The fourth-order valence-corrected chi connectivity index (χ4v) is 2.98. The summed E-state index contributed by atoms with van der Waals surface area (Å²) < 4.78 is 18.3. The van der Waals surface area contributed by atoms with Gasteiger partial charge < -0.3 is 14.2 Å². The number of rotatable bonds is 12. The molecule has 1 atom stereocenters. The summed E-state index contributed by atoms with van der Waals surface area (Å²) in [4.78, 5) is 0. The lowest BCUT2D eigenvalue weighted by Crippen LogP contribution is -2.42. The molecule has 0 aliphatic carbocycles. The van der Waals surface area contributed by atoms with E-state index >= 15 is 0 Å². The summed E-state index contributed by atoms with van der Waals surface area (Å²) in [6.07, 6.45) is 6.05. The van der Waals surface area contributed by atoms with E-state index in [0.717, 1.165) is 50.0 Å². The number of para-hydroxylation sites is 2. The van der Waals surface area contributed by atoms with Crippen LogP contribution in [0.15, 0.2) is 60.7 Å². The number of unbranched alkanes of at least 4 members (excludes halogenated alkanes) is 1. The second kappa shape index (κ2) is 10.9. The molecule has 0 amide bonds. The highest BCUT2D eigenvalue weighted by Gasteiger charge is 2.34. The Morgan fingerprint density at radius 3 is 1.77 bits per heavy atom. The van der Waals surface area contributed by atoms with Crippen LogP contribution < -0.4 is 9.47 Å². The minimum absolute atomic E-state index is 0.243. The van der Waals surface area contributed by atoms with Gasteiger partial charge in [0, 0.05) is 20.0 Å². The highest BCUT2D eigenvalue weighted by Crippen LogP contribution is 2.32. The lowest BCUT2D eigenvalue weighted by molar-refractivity contribution is -0.128. The lowest BCUT2D eigenvalue weighted by atomic mass is 10.00. The van der Waals surface area contributed by atoms with Gasteiger partial charge in [-0.3, -0.25) is 0 Å². The molecular weight excluding hydrogens is 324 g/mol. The van der Waals surface area contributed by atoms with Crippen LogP contribution in [0, 0.1) is 0 Å². The maximum Gasteiger partial charge on any atom is 0.251 e. The van der Waals surface area contributed by atoms with Crippen LogP contribution in [0.2, 0.25) is 0 Å². The zero-order valence-corrected chi connectivity index (χ0v) is 16.3. The van der Waals surface area contributed by atoms with Gasteiger partial charge in [0.05, 0.1) is 6.10 Å². The third kappa shape index (κ3) is 6.72. The van der Waals surface area contributed by atoms with Crippen LogP contribution in [0.1, 0.15) is 52.4 Å². The van der Waals surface area contributed by atoms with Crippen molar-refractivity contribution in [1.29, 1.82) is 0 Å². The molecule has 1 unspecified atom stereocenters. The first-order chi connectivity index (χ1) is 12.7. The number of ether oxygens (including phenoxy) is 3. The van der Waals surface area contributed by atoms with E-state index in [9.17, 15) is 0 Å². The maximum absolute atomic E-state index is 6.46. The smallest absolute Gasteiger partial charge is 0.251 e. The van der Waals surface area contributed by atoms with E-state index in [1.54, 1.807) is 7.11 Å².